The van der Waals surface area contributed by atoms with Gasteiger partial charge < -0.3 is 10.1 Å². The predicted molar refractivity (Wildman–Crippen MR) is 92.8 cm³/mol. The largest absolute Gasteiger partial charge is 0.490 e. The van der Waals surface area contributed by atoms with Crippen LogP contribution in [0.15, 0.2) is 22.7 Å². The minimum atomic E-state index is 0.399. The molecule has 1 aliphatic rings. The van der Waals surface area contributed by atoms with Gasteiger partial charge in [0.1, 0.15) is 11.9 Å². The molecule has 0 radical (unpaired) electrons. The normalized spacial score (nSPS) is 22.5. The van der Waals surface area contributed by atoms with Crippen molar-refractivity contribution in [2.75, 3.05) is 0 Å². The van der Waals surface area contributed by atoms with E-state index in [1.165, 1.54) is 37.7 Å². The third-order valence-corrected chi connectivity index (χ3v) is 5.14. The van der Waals surface area contributed by atoms with Gasteiger partial charge in [0.2, 0.25) is 0 Å². The van der Waals surface area contributed by atoms with Gasteiger partial charge in [-0.05, 0) is 55.4 Å². The standard InChI is InChI=1S/C18H28BrNO/c1-4-14-7-5-6-8-18(14)21-16-9-10-17(19)15(11-16)12-20-13(2)3/h9-11,13-14,18,20H,4-8,12H2,1-3H3. The molecule has 1 saturated carbocycles. The Labute approximate surface area is 137 Å². The van der Waals surface area contributed by atoms with Crippen LogP contribution < -0.4 is 10.1 Å². The second kappa shape index (κ2) is 8.19. The van der Waals surface area contributed by atoms with Crippen LogP contribution in [0.1, 0.15) is 58.4 Å². The summed E-state index contributed by atoms with van der Waals surface area (Å²) in [6.45, 7) is 7.49. The number of hydrogen-bond donors (Lipinski definition) is 1. The Bertz CT molecular complexity index is 447. The van der Waals surface area contributed by atoms with Crippen molar-refractivity contribution < 1.29 is 4.74 Å². The summed E-state index contributed by atoms with van der Waals surface area (Å²) in [5.41, 5.74) is 1.27. The summed E-state index contributed by atoms with van der Waals surface area (Å²) in [6, 6.07) is 6.87. The zero-order chi connectivity index (χ0) is 15.2. The van der Waals surface area contributed by atoms with Crippen LogP contribution in [0.5, 0.6) is 5.75 Å². The lowest BCUT2D eigenvalue weighted by molar-refractivity contribution is 0.0903. The first-order chi connectivity index (χ1) is 10.1. The summed E-state index contributed by atoms with van der Waals surface area (Å²) >= 11 is 3.64. The first-order valence-electron chi connectivity index (χ1n) is 8.28. The molecule has 0 bridgehead atoms. The van der Waals surface area contributed by atoms with Gasteiger partial charge in [-0.2, -0.15) is 0 Å². The van der Waals surface area contributed by atoms with Crippen molar-refractivity contribution in [1.82, 2.24) is 5.32 Å². The van der Waals surface area contributed by atoms with Gasteiger partial charge in [-0.1, -0.05) is 43.1 Å². The molecule has 0 heterocycles. The Balaban J connectivity index is 2.03. The van der Waals surface area contributed by atoms with E-state index in [0.29, 0.717) is 12.1 Å². The molecule has 2 rings (SSSR count). The van der Waals surface area contributed by atoms with E-state index < -0.39 is 0 Å². The van der Waals surface area contributed by atoms with Crippen LogP contribution in [0.3, 0.4) is 0 Å². The van der Waals surface area contributed by atoms with Crippen molar-refractivity contribution in [2.24, 2.45) is 5.92 Å². The summed E-state index contributed by atoms with van der Waals surface area (Å²) in [5, 5.41) is 3.47. The lowest BCUT2D eigenvalue weighted by atomic mass is 9.85. The zero-order valence-corrected chi connectivity index (χ0v) is 15.1. The van der Waals surface area contributed by atoms with Crippen LogP contribution in [0.4, 0.5) is 0 Å². The molecule has 0 saturated heterocycles. The van der Waals surface area contributed by atoms with E-state index in [9.17, 15) is 0 Å². The molecule has 0 amide bonds. The van der Waals surface area contributed by atoms with Crippen molar-refractivity contribution in [1.29, 1.82) is 0 Å². The SMILES string of the molecule is CCC1CCCCC1Oc1ccc(Br)c(CNC(C)C)c1. The molecule has 21 heavy (non-hydrogen) atoms. The fraction of sp³-hybridized carbons (Fsp3) is 0.667. The molecule has 2 nitrogen and oxygen atoms in total. The van der Waals surface area contributed by atoms with Crippen LogP contribution in [-0.2, 0) is 6.54 Å². The van der Waals surface area contributed by atoms with Gasteiger partial charge in [0.05, 0.1) is 0 Å². The van der Waals surface area contributed by atoms with E-state index >= 15 is 0 Å². The smallest absolute Gasteiger partial charge is 0.120 e. The molecule has 2 unspecified atom stereocenters. The monoisotopic (exact) mass is 353 g/mol. The molecule has 0 aromatic heterocycles. The van der Waals surface area contributed by atoms with Gasteiger partial charge in [-0.25, -0.2) is 0 Å². The van der Waals surface area contributed by atoms with Crippen LogP contribution >= 0.6 is 15.9 Å². The molecule has 1 fully saturated rings. The van der Waals surface area contributed by atoms with E-state index in [1.54, 1.807) is 0 Å². The highest BCUT2D eigenvalue weighted by Crippen LogP contribution is 2.31. The van der Waals surface area contributed by atoms with E-state index in [1.807, 2.05) is 0 Å². The van der Waals surface area contributed by atoms with E-state index in [0.717, 1.165) is 22.7 Å². The van der Waals surface area contributed by atoms with Gasteiger partial charge in [0.15, 0.2) is 0 Å². The molecule has 1 aromatic rings. The highest BCUT2D eigenvalue weighted by atomic mass is 79.9. The summed E-state index contributed by atoms with van der Waals surface area (Å²) in [4.78, 5) is 0. The minimum Gasteiger partial charge on any atom is -0.490 e. The molecule has 3 heteroatoms. The Morgan fingerprint density at radius 2 is 2.05 bits per heavy atom. The molecule has 0 aliphatic heterocycles. The predicted octanol–water partition coefficient (Wildman–Crippen LogP) is 5.29. The molecule has 1 aliphatic carbocycles. The molecule has 0 spiro atoms. The Kier molecular flexibility index (Phi) is 6.56. The van der Waals surface area contributed by atoms with Gasteiger partial charge in [-0.15, -0.1) is 0 Å². The number of nitrogens with one attached hydrogen (secondary N) is 1. The minimum absolute atomic E-state index is 0.399. The average Bonchev–Trinajstić information content (AvgIpc) is 2.48. The van der Waals surface area contributed by atoms with Crippen LogP contribution in [0.2, 0.25) is 0 Å². The maximum Gasteiger partial charge on any atom is 0.120 e. The van der Waals surface area contributed by atoms with Gasteiger partial charge in [-0.3, -0.25) is 0 Å². The topological polar surface area (TPSA) is 21.3 Å². The molecule has 1 aromatic carbocycles. The lowest BCUT2D eigenvalue weighted by Crippen LogP contribution is -2.30. The molecule has 2 atom stereocenters. The van der Waals surface area contributed by atoms with Crippen LogP contribution in [0, 0.1) is 5.92 Å². The first-order valence-corrected chi connectivity index (χ1v) is 9.08. The Hall–Kier alpha value is -0.540. The number of benzene rings is 1. The van der Waals surface area contributed by atoms with E-state index in [2.05, 4.69) is 60.2 Å². The second-order valence-corrected chi connectivity index (χ2v) is 7.25. The van der Waals surface area contributed by atoms with Gasteiger partial charge in [0, 0.05) is 17.1 Å². The van der Waals surface area contributed by atoms with Gasteiger partial charge in [0.25, 0.3) is 0 Å². The van der Waals surface area contributed by atoms with Crippen LogP contribution in [0.25, 0.3) is 0 Å². The van der Waals surface area contributed by atoms with E-state index in [4.69, 9.17) is 4.74 Å². The molecular formula is C18H28BrNO. The zero-order valence-electron chi connectivity index (χ0n) is 13.5. The molecular weight excluding hydrogens is 326 g/mol. The molecule has 118 valence electrons. The quantitative estimate of drug-likeness (QED) is 0.749. The number of hydrogen-bond acceptors (Lipinski definition) is 2. The molecule has 1 N–H and O–H groups in total. The maximum atomic E-state index is 6.31. The number of halogens is 1. The van der Waals surface area contributed by atoms with Crippen molar-refractivity contribution in [3.05, 3.63) is 28.2 Å². The van der Waals surface area contributed by atoms with Crippen molar-refractivity contribution in [3.8, 4) is 5.75 Å². The van der Waals surface area contributed by atoms with Crippen molar-refractivity contribution >= 4 is 15.9 Å². The van der Waals surface area contributed by atoms with E-state index in [-0.39, 0.29) is 0 Å². The van der Waals surface area contributed by atoms with Crippen molar-refractivity contribution in [3.63, 3.8) is 0 Å². The third-order valence-electron chi connectivity index (χ3n) is 4.37. The fourth-order valence-electron chi connectivity index (χ4n) is 3.04. The van der Waals surface area contributed by atoms with Crippen molar-refractivity contribution in [2.45, 2.75) is 71.6 Å². The highest BCUT2D eigenvalue weighted by molar-refractivity contribution is 9.10. The van der Waals surface area contributed by atoms with Crippen LogP contribution in [-0.4, -0.2) is 12.1 Å². The summed E-state index contributed by atoms with van der Waals surface area (Å²) in [6.07, 6.45) is 6.81. The average molecular weight is 354 g/mol. The maximum absolute atomic E-state index is 6.31. The number of rotatable bonds is 6. The summed E-state index contributed by atoms with van der Waals surface area (Å²) in [5.74, 6) is 1.74. The number of ether oxygens (including phenoxy) is 1. The Morgan fingerprint density at radius 1 is 1.29 bits per heavy atom. The second-order valence-electron chi connectivity index (χ2n) is 6.40. The summed E-state index contributed by atoms with van der Waals surface area (Å²) in [7, 11) is 0. The summed E-state index contributed by atoms with van der Waals surface area (Å²) < 4.78 is 7.46. The fourth-order valence-corrected chi connectivity index (χ4v) is 3.43. The Morgan fingerprint density at radius 3 is 2.76 bits per heavy atom. The lowest BCUT2D eigenvalue weighted by Gasteiger charge is -2.31. The van der Waals surface area contributed by atoms with Gasteiger partial charge >= 0.3 is 0 Å². The first kappa shape index (κ1) is 16.8. The third kappa shape index (κ3) is 5.00. The highest BCUT2D eigenvalue weighted by Gasteiger charge is 2.25.